The molecule has 1 aliphatic rings. The first kappa shape index (κ1) is 21.0. The number of nitrogens with zero attached hydrogens (tertiary/aromatic N) is 2. The van der Waals surface area contributed by atoms with E-state index >= 15 is 0 Å². The van der Waals surface area contributed by atoms with Crippen molar-refractivity contribution in [1.29, 1.82) is 0 Å². The third kappa shape index (κ3) is 3.87. The highest BCUT2D eigenvalue weighted by Gasteiger charge is 2.28. The van der Waals surface area contributed by atoms with Crippen LogP contribution in [0.1, 0.15) is 45.3 Å². The fourth-order valence-corrected chi connectivity index (χ4v) is 6.12. The minimum atomic E-state index is -3.62. The van der Waals surface area contributed by atoms with E-state index in [-0.39, 0.29) is 10.8 Å². The zero-order valence-corrected chi connectivity index (χ0v) is 18.9. The predicted molar refractivity (Wildman–Crippen MR) is 120 cm³/mol. The van der Waals surface area contributed by atoms with Gasteiger partial charge in [0.05, 0.1) is 20.1 Å². The summed E-state index contributed by atoms with van der Waals surface area (Å²) < 4.78 is 28.3. The van der Waals surface area contributed by atoms with Gasteiger partial charge in [0.1, 0.15) is 0 Å². The van der Waals surface area contributed by atoms with Gasteiger partial charge in [-0.1, -0.05) is 12.1 Å². The van der Waals surface area contributed by atoms with Gasteiger partial charge < -0.3 is 4.90 Å². The first-order chi connectivity index (χ1) is 14.3. The number of hydrogen-bond acceptors (Lipinski definition) is 5. The van der Waals surface area contributed by atoms with Crippen molar-refractivity contribution in [2.24, 2.45) is 0 Å². The molecule has 0 bridgehead atoms. The molecule has 3 aromatic rings. The number of carbonyl (C=O) groups is 1. The molecule has 0 saturated carbocycles. The van der Waals surface area contributed by atoms with E-state index in [1.165, 1.54) is 17.8 Å². The summed E-state index contributed by atoms with van der Waals surface area (Å²) in [7, 11) is -2.24. The molecule has 1 fully saturated rings. The summed E-state index contributed by atoms with van der Waals surface area (Å²) in [5.41, 5.74) is 2.91. The van der Waals surface area contributed by atoms with Crippen LogP contribution in [-0.2, 0) is 10.0 Å². The SMILES string of the molecule is CNS(=O)(=O)c1cc(C(=O)N2CCC(c3nc4ccccc4s3)CC2)cc(C)c1C. The number of benzene rings is 2. The fourth-order valence-electron chi connectivity index (χ4n) is 3.92. The molecule has 0 radical (unpaired) electrons. The Bertz CT molecular complexity index is 1180. The van der Waals surface area contributed by atoms with E-state index in [2.05, 4.69) is 10.8 Å². The van der Waals surface area contributed by atoms with Crippen LogP contribution in [0.25, 0.3) is 10.2 Å². The molecule has 1 N–H and O–H groups in total. The average Bonchev–Trinajstić information content (AvgIpc) is 3.19. The number of piperidine rings is 1. The van der Waals surface area contributed by atoms with E-state index in [9.17, 15) is 13.2 Å². The number of fused-ring (bicyclic) bond motifs is 1. The van der Waals surface area contributed by atoms with Crippen molar-refractivity contribution in [2.75, 3.05) is 20.1 Å². The Kier molecular flexibility index (Phi) is 5.65. The number of nitrogens with one attached hydrogen (secondary N) is 1. The number of likely N-dealkylation sites (tertiary alicyclic amines) is 1. The molecule has 6 nitrogen and oxygen atoms in total. The fraction of sp³-hybridized carbons (Fsp3) is 0.364. The van der Waals surface area contributed by atoms with Gasteiger partial charge >= 0.3 is 0 Å². The topological polar surface area (TPSA) is 79.4 Å². The first-order valence-electron chi connectivity index (χ1n) is 9.99. The maximum atomic E-state index is 13.1. The lowest BCUT2D eigenvalue weighted by molar-refractivity contribution is 0.0712. The molecular weight excluding hydrogens is 418 g/mol. The first-order valence-corrected chi connectivity index (χ1v) is 12.3. The van der Waals surface area contributed by atoms with Crippen LogP contribution in [-0.4, -0.2) is 44.3 Å². The van der Waals surface area contributed by atoms with Crippen LogP contribution >= 0.6 is 11.3 Å². The molecular formula is C22H25N3O3S2. The number of aromatic nitrogens is 1. The number of thiazole rings is 1. The van der Waals surface area contributed by atoms with Gasteiger partial charge in [-0.15, -0.1) is 11.3 Å². The van der Waals surface area contributed by atoms with E-state index in [4.69, 9.17) is 4.98 Å². The van der Waals surface area contributed by atoms with Crippen molar-refractivity contribution in [3.05, 3.63) is 58.1 Å². The third-order valence-electron chi connectivity index (χ3n) is 5.87. The maximum Gasteiger partial charge on any atom is 0.253 e. The Morgan fingerprint density at radius 1 is 1.17 bits per heavy atom. The van der Waals surface area contributed by atoms with Crippen LogP contribution in [0.5, 0.6) is 0 Å². The lowest BCUT2D eigenvalue weighted by Gasteiger charge is -2.31. The highest BCUT2D eigenvalue weighted by Crippen LogP contribution is 2.34. The molecule has 1 saturated heterocycles. The van der Waals surface area contributed by atoms with Gasteiger partial charge in [-0.3, -0.25) is 4.79 Å². The second kappa shape index (κ2) is 8.09. The lowest BCUT2D eigenvalue weighted by atomic mass is 9.96. The quantitative estimate of drug-likeness (QED) is 0.664. The molecule has 8 heteroatoms. The number of rotatable bonds is 4. The lowest BCUT2D eigenvalue weighted by Crippen LogP contribution is -2.38. The zero-order chi connectivity index (χ0) is 21.5. The Hall–Kier alpha value is -2.29. The number of aryl methyl sites for hydroxylation is 1. The van der Waals surface area contributed by atoms with E-state index in [0.29, 0.717) is 30.1 Å². The van der Waals surface area contributed by atoms with Gasteiger partial charge in [-0.25, -0.2) is 18.1 Å². The molecule has 0 aliphatic carbocycles. The van der Waals surface area contributed by atoms with Crippen LogP contribution in [0.4, 0.5) is 0 Å². The van der Waals surface area contributed by atoms with Gasteiger partial charge in [-0.05, 0) is 69.1 Å². The van der Waals surface area contributed by atoms with Gasteiger partial charge in [0, 0.05) is 24.6 Å². The molecule has 1 amide bonds. The summed E-state index contributed by atoms with van der Waals surface area (Å²) in [5, 5.41) is 1.14. The number of carbonyl (C=O) groups excluding carboxylic acids is 1. The number of amides is 1. The van der Waals surface area contributed by atoms with Crippen LogP contribution in [0.3, 0.4) is 0 Å². The normalized spacial score (nSPS) is 15.6. The summed E-state index contributed by atoms with van der Waals surface area (Å²) in [6.45, 7) is 4.87. The highest BCUT2D eigenvalue weighted by atomic mass is 32.2. The minimum absolute atomic E-state index is 0.117. The molecule has 1 aromatic heterocycles. The summed E-state index contributed by atoms with van der Waals surface area (Å²) in [6, 6.07) is 11.4. The molecule has 4 rings (SSSR count). The molecule has 30 heavy (non-hydrogen) atoms. The van der Waals surface area contributed by atoms with Crippen molar-refractivity contribution in [2.45, 2.75) is 37.5 Å². The van der Waals surface area contributed by atoms with Crippen LogP contribution in [0.2, 0.25) is 0 Å². The zero-order valence-electron chi connectivity index (χ0n) is 17.3. The van der Waals surface area contributed by atoms with Crippen molar-refractivity contribution >= 4 is 37.5 Å². The second-order valence-corrected chi connectivity index (χ2v) is 10.6. The minimum Gasteiger partial charge on any atom is -0.339 e. The monoisotopic (exact) mass is 443 g/mol. The summed E-state index contributed by atoms with van der Waals surface area (Å²) in [5.74, 6) is 0.236. The summed E-state index contributed by atoms with van der Waals surface area (Å²) in [4.78, 5) is 19.9. The number of sulfonamides is 1. The molecule has 0 unspecified atom stereocenters. The van der Waals surface area contributed by atoms with E-state index < -0.39 is 10.0 Å². The van der Waals surface area contributed by atoms with Gasteiger partial charge in [-0.2, -0.15) is 0 Å². The molecule has 0 spiro atoms. The smallest absolute Gasteiger partial charge is 0.253 e. The standard InChI is InChI=1S/C22H25N3O3S2/c1-14-12-17(13-20(15(14)2)30(27,28)23-3)22(26)25-10-8-16(9-11-25)21-24-18-6-4-5-7-19(18)29-21/h4-7,12-13,16,23H,8-11H2,1-3H3. The highest BCUT2D eigenvalue weighted by molar-refractivity contribution is 7.89. The van der Waals surface area contributed by atoms with Crippen LogP contribution in [0.15, 0.2) is 41.3 Å². The van der Waals surface area contributed by atoms with Gasteiger partial charge in [0.25, 0.3) is 5.91 Å². The largest absolute Gasteiger partial charge is 0.339 e. The molecule has 1 aliphatic heterocycles. The van der Waals surface area contributed by atoms with Crippen molar-refractivity contribution in [3.8, 4) is 0 Å². The van der Waals surface area contributed by atoms with Crippen molar-refractivity contribution < 1.29 is 13.2 Å². The van der Waals surface area contributed by atoms with Gasteiger partial charge in [0.2, 0.25) is 10.0 Å². The second-order valence-electron chi connectivity index (χ2n) is 7.71. The average molecular weight is 444 g/mol. The maximum absolute atomic E-state index is 13.1. The number of hydrogen-bond donors (Lipinski definition) is 1. The summed E-state index contributed by atoms with van der Waals surface area (Å²) >= 11 is 1.73. The molecule has 2 heterocycles. The van der Waals surface area contributed by atoms with Crippen molar-refractivity contribution in [3.63, 3.8) is 0 Å². The Balaban J connectivity index is 1.52. The van der Waals surface area contributed by atoms with Crippen LogP contribution in [0, 0.1) is 13.8 Å². The predicted octanol–water partition coefficient (Wildman–Crippen LogP) is 3.84. The van der Waals surface area contributed by atoms with Crippen LogP contribution < -0.4 is 4.72 Å². The Labute approximate surface area is 181 Å². The molecule has 158 valence electrons. The van der Waals surface area contributed by atoms with E-state index in [1.54, 1.807) is 24.3 Å². The summed E-state index contributed by atoms with van der Waals surface area (Å²) in [6.07, 6.45) is 1.72. The molecule has 2 aromatic carbocycles. The Morgan fingerprint density at radius 2 is 1.87 bits per heavy atom. The van der Waals surface area contributed by atoms with Gasteiger partial charge in [0.15, 0.2) is 0 Å². The van der Waals surface area contributed by atoms with E-state index in [1.807, 2.05) is 30.0 Å². The van der Waals surface area contributed by atoms with E-state index in [0.717, 1.165) is 28.9 Å². The Morgan fingerprint density at radius 3 is 2.53 bits per heavy atom. The van der Waals surface area contributed by atoms with Crippen molar-refractivity contribution in [1.82, 2.24) is 14.6 Å². The molecule has 0 atom stereocenters. The third-order valence-corrected chi connectivity index (χ3v) is 8.61. The number of para-hydroxylation sites is 1.